The summed E-state index contributed by atoms with van der Waals surface area (Å²) >= 11 is 0. The van der Waals surface area contributed by atoms with Crippen LogP contribution >= 0.6 is 0 Å². The number of carbonyl (C=O) groups is 1. The predicted octanol–water partition coefficient (Wildman–Crippen LogP) is 6.69. The average Bonchev–Trinajstić information content (AvgIpc) is 3.27. The van der Waals surface area contributed by atoms with Crippen molar-refractivity contribution < 1.29 is 27.1 Å². The Balaban J connectivity index is 1.60. The first kappa shape index (κ1) is 25.9. The fourth-order valence-corrected chi connectivity index (χ4v) is 3.55. The molecule has 0 unspecified atom stereocenters. The van der Waals surface area contributed by atoms with Gasteiger partial charge in [0.2, 0.25) is 0 Å². The molecule has 192 valence electrons. The van der Waals surface area contributed by atoms with Crippen LogP contribution in [-0.4, -0.2) is 27.3 Å². The van der Waals surface area contributed by atoms with Crippen molar-refractivity contribution in [1.82, 2.24) is 14.8 Å². The maximum Gasteiger partial charge on any atom is 0.416 e. The molecular formula is C27H24F4N4O2. The highest BCUT2D eigenvalue weighted by Gasteiger charge is 2.33. The number of nitrogens with zero attached hydrogens (tertiary/aromatic N) is 3. The number of amides is 1. The van der Waals surface area contributed by atoms with Crippen LogP contribution in [0.5, 0.6) is 6.01 Å². The highest BCUT2D eigenvalue weighted by molar-refractivity contribution is 6.04. The van der Waals surface area contributed by atoms with Crippen LogP contribution in [0, 0.1) is 18.7 Å². The third-order valence-electron chi connectivity index (χ3n) is 5.42. The first-order valence-corrected chi connectivity index (χ1v) is 11.5. The van der Waals surface area contributed by atoms with Gasteiger partial charge in [-0.3, -0.25) is 4.79 Å². The number of rotatable bonds is 7. The van der Waals surface area contributed by atoms with Crippen LogP contribution in [0.25, 0.3) is 17.1 Å². The Bertz CT molecular complexity index is 1410. The Hall–Kier alpha value is -4.21. The number of alkyl halides is 3. The molecule has 0 atom stereocenters. The molecule has 1 N–H and O–H groups in total. The molecule has 0 spiro atoms. The molecule has 0 aliphatic rings. The largest absolute Gasteiger partial charge is 0.462 e. The molecule has 0 saturated heterocycles. The molecule has 0 fully saturated rings. The molecule has 1 amide bonds. The third-order valence-corrected chi connectivity index (χ3v) is 5.42. The zero-order chi connectivity index (χ0) is 26.7. The Morgan fingerprint density at radius 3 is 2.41 bits per heavy atom. The van der Waals surface area contributed by atoms with Crippen LogP contribution < -0.4 is 10.1 Å². The minimum absolute atomic E-state index is 0.0311. The van der Waals surface area contributed by atoms with E-state index < -0.39 is 23.5 Å². The second kappa shape index (κ2) is 10.4. The smallest absolute Gasteiger partial charge is 0.416 e. The maximum absolute atomic E-state index is 14.6. The number of nitrogens with one attached hydrogen (secondary N) is 1. The van der Waals surface area contributed by atoms with Gasteiger partial charge in [0.25, 0.3) is 5.91 Å². The summed E-state index contributed by atoms with van der Waals surface area (Å²) in [6, 6.07) is 16.0. The van der Waals surface area contributed by atoms with E-state index in [-0.39, 0.29) is 34.4 Å². The monoisotopic (exact) mass is 512 g/mol. The van der Waals surface area contributed by atoms with E-state index in [0.29, 0.717) is 18.0 Å². The van der Waals surface area contributed by atoms with Crippen LogP contribution in [0.3, 0.4) is 0 Å². The van der Waals surface area contributed by atoms with Crippen LogP contribution in [0.2, 0.25) is 0 Å². The first-order valence-electron chi connectivity index (χ1n) is 11.5. The van der Waals surface area contributed by atoms with Crippen LogP contribution in [0.4, 0.5) is 23.2 Å². The summed E-state index contributed by atoms with van der Waals surface area (Å²) in [6.45, 7) is 5.66. The van der Waals surface area contributed by atoms with Gasteiger partial charge in [-0.1, -0.05) is 32.0 Å². The van der Waals surface area contributed by atoms with Gasteiger partial charge in [-0.25, -0.2) is 9.07 Å². The lowest BCUT2D eigenvalue weighted by Crippen LogP contribution is -2.15. The van der Waals surface area contributed by atoms with Gasteiger partial charge >= 0.3 is 12.2 Å². The maximum atomic E-state index is 14.6. The summed E-state index contributed by atoms with van der Waals surface area (Å²) in [5, 5.41) is 6.96. The van der Waals surface area contributed by atoms with E-state index in [1.165, 1.54) is 29.8 Å². The molecule has 0 aliphatic carbocycles. The molecule has 1 heterocycles. The van der Waals surface area contributed by atoms with Gasteiger partial charge in [-0.2, -0.15) is 18.2 Å². The third kappa shape index (κ3) is 5.96. The Morgan fingerprint density at radius 1 is 1.05 bits per heavy atom. The van der Waals surface area contributed by atoms with Crippen molar-refractivity contribution in [3.63, 3.8) is 0 Å². The fraction of sp³-hybridized carbons (Fsp3) is 0.222. The van der Waals surface area contributed by atoms with E-state index in [0.717, 1.165) is 6.07 Å². The van der Waals surface area contributed by atoms with Crippen molar-refractivity contribution in [3.8, 4) is 23.1 Å². The van der Waals surface area contributed by atoms with E-state index in [1.807, 2.05) is 13.8 Å². The van der Waals surface area contributed by atoms with Gasteiger partial charge in [-0.05, 0) is 66.9 Å². The summed E-state index contributed by atoms with van der Waals surface area (Å²) < 4.78 is 61.3. The molecule has 1 aromatic heterocycles. The fourth-order valence-electron chi connectivity index (χ4n) is 3.55. The average molecular weight is 513 g/mol. The lowest BCUT2D eigenvalue weighted by atomic mass is 10.0. The quantitative estimate of drug-likeness (QED) is 0.280. The summed E-state index contributed by atoms with van der Waals surface area (Å²) in [5.74, 6) is -0.706. The van der Waals surface area contributed by atoms with Crippen molar-refractivity contribution in [3.05, 3.63) is 89.2 Å². The van der Waals surface area contributed by atoms with Crippen molar-refractivity contribution >= 4 is 11.6 Å². The topological polar surface area (TPSA) is 69.0 Å². The Morgan fingerprint density at radius 2 is 1.76 bits per heavy atom. The van der Waals surface area contributed by atoms with E-state index >= 15 is 0 Å². The minimum atomic E-state index is -4.56. The lowest BCUT2D eigenvalue weighted by Gasteiger charge is -2.12. The number of hydrogen-bond acceptors (Lipinski definition) is 4. The normalized spacial score (nSPS) is 11.6. The summed E-state index contributed by atoms with van der Waals surface area (Å²) in [5.41, 5.74) is 0.143. The highest BCUT2D eigenvalue weighted by Crippen LogP contribution is 2.32. The van der Waals surface area contributed by atoms with Crippen molar-refractivity contribution in [2.75, 3.05) is 11.9 Å². The number of benzene rings is 3. The van der Waals surface area contributed by atoms with Crippen molar-refractivity contribution in [2.24, 2.45) is 5.92 Å². The number of halogens is 4. The first-order chi connectivity index (χ1) is 17.5. The number of aromatic nitrogens is 3. The lowest BCUT2D eigenvalue weighted by molar-refractivity contribution is -0.138. The highest BCUT2D eigenvalue weighted by atomic mass is 19.4. The second-order valence-corrected chi connectivity index (χ2v) is 8.84. The van der Waals surface area contributed by atoms with Gasteiger partial charge in [0.1, 0.15) is 5.82 Å². The molecule has 0 aliphatic heterocycles. The van der Waals surface area contributed by atoms with Gasteiger partial charge in [-0.15, -0.1) is 5.10 Å². The molecule has 10 heteroatoms. The predicted molar refractivity (Wildman–Crippen MR) is 131 cm³/mol. The number of anilines is 1. The Labute approximate surface area is 210 Å². The number of aryl methyl sites for hydroxylation is 1. The van der Waals surface area contributed by atoms with Gasteiger partial charge in [0, 0.05) is 11.3 Å². The standard InChI is InChI=1S/C27H24F4N4O2/c1-16(2)15-37-26-33-24(21-6-4-5-7-23(21)28)35(34-26)20-12-10-19(11-13-20)32-25(36)18-9-8-17(3)22(14-18)27(29,30)31/h4-14,16H,15H2,1-3H3,(H,32,36). The van der Waals surface area contributed by atoms with Crippen LogP contribution in [0.15, 0.2) is 66.7 Å². The minimum Gasteiger partial charge on any atom is -0.462 e. The van der Waals surface area contributed by atoms with Crippen molar-refractivity contribution in [2.45, 2.75) is 26.9 Å². The number of carbonyl (C=O) groups excluding carboxylic acids is 1. The van der Waals surface area contributed by atoms with Crippen molar-refractivity contribution in [1.29, 1.82) is 0 Å². The van der Waals surface area contributed by atoms with Crippen LogP contribution in [0.1, 0.15) is 35.3 Å². The van der Waals surface area contributed by atoms with Gasteiger partial charge < -0.3 is 10.1 Å². The molecule has 6 nitrogen and oxygen atoms in total. The number of hydrogen-bond donors (Lipinski definition) is 1. The van der Waals surface area contributed by atoms with E-state index in [4.69, 9.17) is 4.74 Å². The van der Waals surface area contributed by atoms with E-state index in [2.05, 4.69) is 15.4 Å². The summed E-state index contributed by atoms with van der Waals surface area (Å²) in [6.07, 6.45) is -4.56. The number of ether oxygens (including phenoxy) is 1. The van der Waals surface area contributed by atoms with Gasteiger partial charge in [0.05, 0.1) is 23.4 Å². The van der Waals surface area contributed by atoms with E-state index in [1.54, 1.807) is 42.5 Å². The zero-order valence-electron chi connectivity index (χ0n) is 20.3. The van der Waals surface area contributed by atoms with Gasteiger partial charge in [0.15, 0.2) is 5.82 Å². The molecule has 0 radical (unpaired) electrons. The van der Waals surface area contributed by atoms with E-state index in [9.17, 15) is 22.4 Å². The summed E-state index contributed by atoms with van der Waals surface area (Å²) in [4.78, 5) is 17.0. The molecule has 4 rings (SSSR count). The van der Waals surface area contributed by atoms with Crippen LogP contribution in [-0.2, 0) is 6.18 Å². The zero-order valence-corrected chi connectivity index (χ0v) is 20.3. The Kier molecular flexibility index (Phi) is 7.28. The molecule has 3 aromatic carbocycles. The molecule has 37 heavy (non-hydrogen) atoms. The molecule has 0 bridgehead atoms. The SMILES string of the molecule is Cc1ccc(C(=O)Nc2ccc(-n3nc(OCC(C)C)nc3-c3ccccc3F)cc2)cc1C(F)(F)F. The molecular weight excluding hydrogens is 488 g/mol. The molecule has 0 saturated carbocycles. The second-order valence-electron chi connectivity index (χ2n) is 8.84. The molecule has 4 aromatic rings. The summed E-state index contributed by atoms with van der Waals surface area (Å²) in [7, 11) is 0.